The summed E-state index contributed by atoms with van der Waals surface area (Å²) in [5, 5.41) is 0. The van der Waals surface area contributed by atoms with E-state index in [4.69, 9.17) is 10.5 Å². The van der Waals surface area contributed by atoms with E-state index in [1.807, 2.05) is 25.7 Å². The van der Waals surface area contributed by atoms with Crippen molar-refractivity contribution in [2.75, 3.05) is 33.3 Å². The molecule has 0 aromatic heterocycles. The molecule has 3 atom stereocenters. The number of methoxy groups -OCH3 is 1. The van der Waals surface area contributed by atoms with Crippen molar-refractivity contribution in [1.82, 2.24) is 9.80 Å². The van der Waals surface area contributed by atoms with Crippen LogP contribution in [-0.4, -0.2) is 67.2 Å². The SMILES string of the molecule is CCN(CC)C(=O)C(C)N1CCC(OC)CC1CN. The van der Waals surface area contributed by atoms with Crippen LogP contribution in [0.15, 0.2) is 0 Å². The molecule has 0 aromatic rings. The highest BCUT2D eigenvalue weighted by Crippen LogP contribution is 2.22. The smallest absolute Gasteiger partial charge is 0.239 e. The van der Waals surface area contributed by atoms with Crippen LogP contribution in [0.2, 0.25) is 0 Å². The summed E-state index contributed by atoms with van der Waals surface area (Å²) < 4.78 is 5.42. The molecule has 0 aromatic carbocycles. The monoisotopic (exact) mass is 271 g/mol. The van der Waals surface area contributed by atoms with E-state index in [2.05, 4.69) is 4.90 Å². The predicted octanol–water partition coefficient (Wildman–Crippen LogP) is 0.681. The molecule has 2 N–H and O–H groups in total. The van der Waals surface area contributed by atoms with E-state index in [9.17, 15) is 4.79 Å². The zero-order valence-corrected chi connectivity index (χ0v) is 12.8. The summed E-state index contributed by atoms with van der Waals surface area (Å²) in [4.78, 5) is 16.6. The third-order valence-electron chi connectivity index (χ3n) is 4.25. The highest BCUT2D eigenvalue weighted by Gasteiger charge is 2.34. The summed E-state index contributed by atoms with van der Waals surface area (Å²) in [5.41, 5.74) is 5.87. The fourth-order valence-electron chi connectivity index (χ4n) is 2.93. The fourth-order valence-corrected chi connectivity index (χ4v) is 2.93. The van der Waals surface area contributed by atoms with Crippen LogP contribution < -0.4 is 5.73 Å². The topological polar surface area (TPSA) is 58.8 Å². The summed E-state index contributed by atoms with van der Waals surface area (Å²) in [5.74, 6) is 0.208. The molecular formula is C14H29N3O2. The molecule has 1 heterocycles. The van der Waals surface area contributed by atoms with Gasteiger partial charge in [0.1, 0.15) is 0 Å². The lowest BCUT2D eigenvalue weighted by atomic mass is 9.97. The van der Waals surface area contributed by atoms with Crippen LogP contribution in [0.3, 0.4) is 0 Å². The summed E-state index contributed by atoms with van der Waals surface area (Å²) in [6.45, 7) is 9.03. The lowest BCUT2D eigenvalue weighted by Gasteiger charge is -2.42. The zero-order valence-electron chi connectivity index (χ0n) is 12.8. The van der Waals surface area contributed by atoms with Crippen LogP contribution in [0.5, 0.6) is 0 Å². The van der Waals surface area contributed by atoms with Crippen LogP contribution in [0, 0.1) is 0 Å². The first kappa shape index (κ1) is 16.4. The zero-order chi connectivity index (χ0) is 14.4. The average molecular weight is 271 g/mol. The van der Waals surface area contributed by atoms with E-state index in [0.29, 0.717) is 6.54 Å². The molecule has 1 amide bonds. The van der Waals surface area contributed by atoms with E-state index in [1.165, 1.54) is 0 Å². The molecule has 0 radical (unpaired) electrons. The van der Waals surface area contributed by atoms with Crippen molar-refractivity contribution in [3.63, 3.8) is 0 Å². The van der Waals surface area contributed by atoms with Crippen LogP contribution in [-0.2, 0) is 9.53 Å². The number of amides is 1. The van der Waals surface area contributed by atoms with Gasteiger partial charge in [-0.1, -0.05) is 0 Å². The van der Waals surface area contributed by atoms with Gasteiger partial charge in [0.25, 0.3) is 0 Å². The average Bonchev–Trinajstić information content (AvgIpc) is 2.46. The molecule has 1 saturated heterocycles. The van der Waals surface area contributed by atoms with E-state index in [1.54, 1.807) is 7.11 Å². The van der Waals surface area contributed by atoms with Gasteiger partial charge in [-0.25, -0.2) is 0 Å². The molecule has 1 fully saturated rings. The van der Waals surface area contributed by atoms with Crippen LogP contribution in [0.4, 0.5) is 0 Å². The standard InChI is InChI=1S/C14H29N3O2/c1-5-16(6-2)14(18)11(3)17-8-7-13(19-4)9-12(17)10-15/h11-13H,5-10,15H2,1-4H3. The second-order valence-corrected chi connectivity index (χ2v) is 5.20. The molecule has 0 saturated carbocycles. The normalized spacial score (nSPS) is 26.2. The Hall–Kier alpha value is -0.650. The molecule has 3 unspecified atom stereocenters. The highest BCUT2D eigenvalue weighted by molar-refractivity contribution is 5.81. The summed E-state index contributed by atoms with van der Waals surface area (Å²) in [7, 11) is 1.75. The van der Waals surface area contributed by atoms with Gasteiger partial charge in [-0.05, 0) is 33.6 Å². The number of likely N-dealkylation sites (N-methyl/N-ethyl adjacent to an activating group) is 1. The van der Waals surface area contributed by atoms with Gasteiger partial charge in [-0.2, -0.15) is 0 Å². The van der Waals surface area contributed by atoms with Crippen molar-refractivity contribution >= 4 is 5.91 Å². The second-order valence-electron chi connectivity index (χ2n) is 5.20. The highest BCUT2D eigenvalue weighted by atomic mass is 16.5. The number of hydrogen-bond acceptors (Lipinski definition) is 4. The quantitative estimate of drug-likeness (QED) is 0.772. The Balaban J connectivity index is 2.69. The first-order valence-corrected chi connectivity index (χ1v) is 7.36. The Bertz CT molecular complexity index is 282. The Morgan fingerprint density at radius 3 is 2.58 bits per heavy atom. The largest absolute Gasteiger partial charge is 0.381 e. The van der Waals surface area contributed by atoms with Gasteiger partial charge >= 0.3 is 0 Å². The molecule has 0 bridgehead atoms. The Morgan fingerprint density at radius 1 is 1.47 bits per heavy atom. The molecule has 1 aliphatic rings. The van der Waals surface area contributed by atoms with Gasteiger partial charge in [0.05, 0.1) is 12.1 Å². The molecule has 0 aliphatic carbocycles. The number of carbonyl (C=O) groups is 1. The first-order chi connectivity index (χ1) is 9.08. The summed E-state index contributed by atoms with van der Waals surface area (Å²) in [6.07, 6.45) is 2.17. The van der Waals surface area contributed by atoms with Crippen LogP contribution >= 0.6 is 0 Å². The lowest BCUT2D eigenvalue weighted by Crippen LogP contribution is -2.56. The van der Waals surface area contributed by atoms with E-state index >= 15 is 0 Å². The lowest BCUT2D eigenvalue weighted by molar-refractivity contribution is -0.138. The predicted molar refractivity (Wildman–Crippen MR) is 77.0 cm³/mol. The van der Waals surface area contributed by atoms with Gasteiger partial charge < -0.3 is 15.4 Å². The van der Waals surface area contributed by atoms with Gasteiger partial charge in [-0.15, -0.1) is 0 Å². The molecule has 1 rings (SSSR count). The Morgan fingerprint density at radius 2 is 2.11 bits per heavy atom. The minimum atomic E-state index is -0.0914. The maximum Gasteiger partial charge on any atom is 0.239 e. The molecular weight excluding hydrogens is 242 g/mol. The van der Waals surface area contributed by atoms with Crippen LogP contribution in [0.1, 0.15) is 33.6 Å². The van der Waals surface area contributed by atoms with Crippen molar-refractivity contribution in [2.45, 2.75) is 51.8 Å². The number of likely N-dealkylation sites (tertiary alicyclic amines) is 1. The fraction of sp³-hybridized carbons (Fsp3) is 0.929. The molecule has 1 aliphatic heterocycles. The van der Waals surface area contributed by atoms with E-state index < -0.39 is 0 Å². The van der Waals surface area contributed by atoms with Crippen molar-refractivity contribution in [3.05, 3.63) is 0 Å². The van der Waals surface area contributed by atoms with Crippen molar-refractivity contribution in [3.8, 4) is 0 Å². The van der Waals surface area contributed by atoms with Crippen molar-refractivity contribution in [2.24, 2.45) is 5.73 Å². The number of nitrogens with zero attached hydrogens (tertiary/aromatic N) is 2. The number of hydrogen-bond donors (Lipinski definition) is 1. The van der Waals surface area contributed by atoms with Crippen molar-refractivity contribution < 1.29 is 9.53 Å². The molecule has 0 spiro atoms. The second kappa shape index (κ2) is 7.82. The van der Waals surface area contributed by atoms with Gasteiger partial charge in [0.15, 0.2) is 0 Å². The minimum absolute atomic E-state index is 0.0914. The number of ether oxygens (including phenoxy) is 1. The Kier molecular flexibility index (Phi) is 6.75. The maximum absolute atomic E-state index is 12.4. The first-order valence-electron chi connectivity index (χ1n) is 7.36. The summed E-state index contributed by atoms with van der Waals surface area (Å²) >= 11 is 0. The number of carbonyl (C=O) groups excluding carboxylic acids is 1. The third-order valence-corrected chi connectivity index (χ3v) is 4.25. The summed E-state index contributed by atoms with van der Waals surface area (Å²) in [6, 6.07) is 0.152. The molecule has 112 valence electrons. The number of piperidine rings is 1. The van der Waals surface area contributed by atoms with Gasteiger partial charge in [0.2, 0.25) is 5.91 Å². The molecule has 19 heavy (non-hydrogen) atoms. The van der Waals surface area contributed by atoms with E-state index in [0.717, 1.165) is 32.5 Å². The number of rotatable bonds is 6. The third kappa shape index (κ3) is 3.91. The number of nitrogens with two attached hydrogens (primary N) is 1. The molecule has 5 heteroatoms. The van der Waals surface area contributed by atoms with Gasteiger partial charge in [0, 0.05) is 39.3 Å². The van der Waals surface area contributed by atoms with Crippen molar-refractivity contribution in [1.29, 1.82) is 0 Å². The Labute approximate surface area is 117 Å². The van der Waals surface area contributed by atoms with Crippen LogP contribution in [0.25, 0.3) is 0 Å². The minimum Gasteiger partial charge on any atom is -0.381 e. The molecule has 5 nitrogen and oxygen atoms in total. The van der Waals surface area contributed by atoms with E-state index in [-0.39, 0.29) is 24.1 Å². The van der Waals surface area contributed by atoms with Gasteiger partial charge in [-0.3, -0.25) is 9.69 Å². The maximum atomic E-state index is 12.4.